The summed E-state index contributed by atoms with van der Waals surface area (Å²) in [4.78, 5) is 2.69. The molecule has 0 radical (unpaired) electrons. The molecule has 1 aromatic rings. The second kappa shape index (κ2) is 5.40. The van der Waals surface area contributed by atoms with Gasteiger partial charge < -0.3 is 10.2 Å². The molecule has 2 nitrogen and oxygen atoms in total. The van der Waals surface area contributed by atoms with E-state index in [0.29, 0.717) is 11.6 Å². The number of hydrogen-bond acceptors (Lipinski definition) is 2. The first-order chi connectivity index (χ1) is 9.68. The van der Waals surface area contributed by atoms with E-state index >= 15 is 0 Å². The zero-order valence-electron chi connectivity index (χ0n) is 13.2. The van der Waals surface area contributed by atoms with Gasteiger partial charge in [-0.3, -0.25) is 0 Å². The van der Waals surface area contributed by atoms with Crippen molar-refractivity contribution in [3.05, 3.63) is 29.8 Å². The lowest BCUT2D eigenvalue weighted by atomic mass is 9.89. The molecular formula is C18H28N2. The largest absolute Gasteiger partial charge is 0.365 e. The van der Waals surface area contributed by atoms with Crippen LogP contribution < -0.4 is 10.2 Å². The van der Waals surface area contributed by atoms with Crippen LogP contribution >= 0.6 is 0 Å². The number of piperazine rings is 1. The predicted octanol–water partition coefficient (Wildman–Crippen LogP) is 3.61. The minimum atomic E-state index is 0.312. The Hall–Kier alpha value is -1.02. The SMILES string of the molecule is CCc1ccccc1N1CC(C)(C2CC2)NCC1CC. The van der Waals surface area contributed by atoms with Crippen LogP contribution in [-0.2, 0) is 6.42 Å². The quantitative estimate of drug-likeness (QED) is 0.901. The Balaban J connectivity index is 1.90. The summed E-state index contributed by atoms with van der Waals surface area (Å²) in [6.07, 6.45) is 5.15. The minimum absolute atomic E-state index is 0.312. The summed E-state index contributed by atoms with van der Waals surface area (Å²) in [5.74, 6) is 0.886. The Morgan fingerprint density at radius 2 is 2.00 bits per heavy atom. The van der Waals surface area contributed by atoms with Crippen molar-refractivity contribution in [1.29, 1.82) is 0 Å². The summed E-state index contributed by atoms with van der Waals surface area (Å²) < 4.78 is 0. The molecule has 2 aliphatic rings. The number of nitrogens with zero attached hydrogens (tertiary/aromatic N) is 1. The Bertz CT molecular complexity index is 466. The monoisotopic (exact) mass is 272 g/mol. The molecule has 2 unspecified atom stereocenters. The smallest absolute Gasteiger partial charge is 0.0413 e. The van der Waals surface area contributed by atoms with Gasteiger partial charge >= 0.3 is 0 Å². The summed E-state index contributed by atoms with van der Waals surface area (Å²) in [5.41, 5.74) is 3.27. The molecule has 1 saturated carbocycles. The first-order valence-electron chi connectivity index (χ1n) is 8.27. The normalized spacial score (nSPS) is 30.6. The fourth-order valence-electron chi connectivity index (χ4n) is 3.73. The molecule has 1 saturated heterocycles. The molecule has 3 rings (SSSR count). The van der Waals surface area contributed by atoms with Crippen LogP contribution in [0, 0.1) is 5.92 Å². The highest BCUT2D eigenvalue weighted by Gasteiger charge is 2.45. The third-order valence-electron chi connectivity index (χ3n) is 5.31. The lowest BCUT2D eigenvalue weighted by Crippen LogP contribution is -2.64. The van der Waals surface area contributed by atoms with Gasteiger partial charge in [-0.2, -0.15) is 0 Å². The van der Waals surface area contributed by atoms with Gasteiger partial charge in [-0.15, -0.1) is 0 Å². The van der Waals surface area contributed by atoms with E-state index in [1.807, 2.05) is 0 Å². The maximum atomic E-state index is 3.85. The van der Waals surface area contributed by atoms with Crippen molar-refractivity contribution in [3.8, 4) is 0 Å². The summed E-state index contributed by atoms with van der Waals surface area (Å²) >= 11 is 0. The number of nitrogens with one attached hydrogen (secondary N) is 1. The van der Waals surface area contributed by atoms with Gasteiger partial charge in [0.2, 0.25) is 0 Å². The van der Waals surface area contributed by atoms with E-state index in [-0.39, 0.29) is 0 Å². The van der Waals surface area contributed by atoms with Crippen molar-refractivity contribution < 1.29 is 0 Å². The van der Waals surface area contributed by atoms with Crippen molar-refractivity contribution in [1.82, 2.24) is 5.32 Å². The first-order valence-corrected chi connectivity index (χ1v) is 8.27. The molecule has 1 aliphatic carbocycles. The lowest BCUT2D eigenvalue weighted by molar-refractivity contribution is 0.252. The Kier molecular flexibility index (Phi) is 3.76. The fraction of sp³-hybridized carbons (Fsp3) is 0.667. The van der Waals surface area contributed by atoms with E-state index in [0.717, 1.165) is 25.4 Å². The molecule has 2 fully saturated rings. The maximum Gasteiger partial charge on any atom is 0.0413 e. The summed E-state index contributed by atoms with van der Waals surface area (Å²) in [6.45, 7) is 9.29. The van der Waals surface area contributed by atoms with Crippen molar-refractivity contribution in [2.45, 2.75) is 58.0 Å². The second-order valence-electron chi connectivity index (χ2n) is 6.74. The topological polar surface area (TPSA) is 15.3 Å². The van der Waals surface area contributed by atoms with Crippen molar-refractivity contribution in [2.75, 3.05) is 18.0 Å². The third-order valence-corrected chi connectivity index (χ3v) is 5.31. The van der Waals surface area contributed by atoms with Crippen LogP contribution in [0.25, 0.3) is 0 Å². The highest BCUT2D eigenvalue weighted by molar-refractivity contribution is 5.55. The first kappa shape index (κ1) is 13.9. The van der Waals surface area contributed by atoms with E-state index < -0.39 is 0 Å². The third kappa shape index (κ3) is 2.46. The van der Waals surface area contributed by atoms with Crippen LogP contribution in [0.1, 0.15) is 45.6 Å². The number of rotatable bonds is 4. The lowest BCUT2D eigenvalue weighted by Gasteiger charge is -2.48. The van der Waals surface area contributed by atoms with E-state index in [4.69, 9.17) is 0 Å². The van der Waals surface area contributed by atoms with Crippen LogP contribution in [0.3, 0.4) is 0 Å². The molecule has 0 aromatic heterocycles. The Morgan fingerprint density at radius 3 is 2.65 bits per heavy atom. The molecule has 1 N–H and O–H groups in total. The molecule has 0 amide bonds. The van der Waals surface area contributed by atoms with Crippen LogP contribution in [0.5, 0.6) is 0 Å². The van der Waals surface area contributed by atoms with Gasteiger partial charge in [-0.25, -0.2) is 0 Å². The molecule has 1 aliphatic heterocycles. The van der Waals surface area contributed by atoms with Gasteiger partial charge in [0.15, 0.2) is 0 Å². The van der Waals surface area contributed by atoms with Gasteiger partial charge in [-0.05, 0) is 50.2 Å². The number of benzene rings is 1. The van der Waals surface area contributed by atoms with E-state index in [2.05, 4.69) is 55.3 Å². The second-order valence-corrected chi connectivity index (χ2v) is 6.74. The molecule has 1 aromatic carbocycles. The van der Waals surface area contributed by atoms with Crippen LogP contribution in [-0.4, -0.2) is 24.7 Å². The van der Waals surface area contributed by atoms with Crippen LogP contribution in [0.15, 0.2) is 24.3 Å². The maximum absolute atomic E-state index is 3.85. The number of aryl methyl sites for hydroxylation is 1. The van der Waals surface area contributed by atoms with E-state index in [9.17, 15) is 0 Å². The van der Waals surface area contributed by atoms with Crippen molar-refractivity contribution in [2.24, 2.45) is 5.92 Å². The molecule has 1 heterocycles. The molecule has 20 heavy (non-hydrogen) atoms. The van der Waals surface area contributed by atoms with Crippen LogP contribution in [0.2, 0.25) is 0 Å². The fourth-order valence-corrected chi connectivity index (χ4v) is 3.73. The molecule has 0 bridgehead atoms. The van der Waals surface area contributed by atoms with E-state index in [1.165, 1.54) is 30.5 Å². The van der Waals surface area contributed by atoms with Gasteiger partial charge in [0, 0.05) is 30.4 Å². The summed E-state index contributed by atoms with van der Waals surface area (Å²) in [7, 11) is 0. The zero-order chi connectivity index (χ0) is 14.2. The Labute approximate surface area is 123 Å². The standard InChI is InChI=1S/C18H28N2/c1-4-14-8-6-7-9-17(14)20-13-18(3,15-10-11-15)19-12-16(20)5-2/h6-9,15-16,19H,4-5,10-13H2,1-3H3. The van der Waals surface area contributed by atoms with Gasteiger partial charge in [0.05, 0.1) is 0 Å². The van der Waals surface area contributed by atoms with Crippen molar-refractivity contribution in [3.63, 3.8) is 0 Å². The van der Waals surface area contributed by atoms with Crippen molar-refractivity contribution >= 4 is 5.69 Å². The molecule has 0 spiro atoms. The average Bonchev–Trinajstić information content (AvgIpc) is 3.32. The van der Waals surface area contributed by atoms with Gasteiger partial charge in [-0.1, -0.05) is 32.0 Å². The number of anilines is 1. The molecular weight excluding hydrogens is 244 g/mol. The number of para-hydroxylation sites is 1. The van der Waals surface area contributed by atoms with Crippen LogP contribution in [0.4, 0.5) is 5.69 Å². The summed E-state index contributed by atoms with van der Waals surface area (Å²) in [5, 5.41) is 3.85. The molecule has 2 atom stereocenters. The van der Waals surface area contributed by atoms with E-state index in [1.54, 1.807) is 0 Å². The number of hydrogen-bond donors (Lipinski definition) is 1. The minimum Gasteiger partial charge on any atom is -0.365 e. The predicted molar refractivity (Wildman–Crippen MR) is 86.4 cm³/mol. The zero-order valence-corrected chi connectivity index (χ0v) is 13.2. The Morgan fingerprint density at radius 1 is 1.25 bits per heavy atom. The molecule has 2 heteroatoms. The van der Waals surface area contributed by atoms with Gasteiger partial charge in [0.25, 0.3) is 0 Å². The average molecular weight is 272 g/mol. The summed E-state index contributed by atoms with van der Waals surface area (Å²) in [6, 6.07) is 9.61. The highest BCUT2D eigenvalue weighted by Crippen LogP contribution is 2.42. The molecule has 110 valence electrons. The van der Waals surface area contributed by atoms with Gasteiger partial charge in [0.1, 0.15) is 0 Å². The highest BCUT2D eigenvalue weighted by atomic mass is 15.3.